The first-order valence-corrected chi connectivity index (χ1v) is 4.68. The van der Waals surface area contributed by atoms with Crippen LogP contribution in [0.2, 0.25) is 0 Å². The van der Waals surface area contributed by atoms with Crippen LogP contribution in [0.5, 0.6) is 0 Å². The molecule has 0 atom stereocenters. The fraction of sp³-hybridized carbons (Fsp3) is 0.333. The van der Waals surface area contributed by atoms with Gasteiger partial charge in [-0.1, -0.05) is 0 Å². The molecule has 80 valence electrons. The summed E-state index contributed by atoms with van der Waals surface area (Å²) in [5.41, 5.74) is 2.83. The van der Waals surface area contributed by atoms with Crippen LogP contribution in [0.1, 0.15) is 38.8 Å². The molecule has 0 aliphatic rings. The normalized spacial score (nSPS) is 9.87. The van der Waals surface area contributed by atoms with E-state index in [0.29, 0.717) is 11.1 Å². The van der Waals surface area contributed by atoms with Crippen molar-refractivity contribution in [3.63, 3.8) is 0 Å². The van der Waals surface area contributed by atoms with Crippen LogP contribution in [0.25, 0.3) is 0 Å². The molecule has 0 saturated carbocycles. The summed E-state index contributed by atoms with van der Waals surface area (Å²) in [7, 11) is 1.32. The summed E-state index contributed by atoms with van der Waals surface area (Å²) < 4.78 is 4.62. The summed E-state index contributed by atoms with van der Waals surface area (Å²) in [5, 5.41) is 0. The molecule has 15 heavy (non-hydrogen) atoms. The minimum atomic E-state index is -0.416. The molecule has 0 spiro atoms. The highest BCUT2D eigenvalue weighted by Crippen LogP contribution is 2.17. The maximum atomic E-state index is 11.3. The lowest BCUT2D eigenvalue weighted by atomic mass is 9.97. The molecule has 0 saturated heterocycles. The Balaban J connectivity index is 3.35. The van der Waals surface area contributed by atoms with Crippen LogP contribution in [-0.4, -0.2) is 18.9 Å². The first-order valence-electron chi connectivity index (χ1n) is 4.68. The van der Waals surface area contributed by atoms with Crippen molar-refractivity contribution in [2.75, 3.05) is 7.11 Å². The van der Waals surface area contributed by atoms with Crippen LogP contribution in [0.3, 0.4) is 0 Å². The van der Waals surface area contributed by atoms with Gasteiger partial charge in [0.25, 0.3) is 0 Å². The van der Waals surface area contributed by atoms with E-state index in [-0.39, 0.29) is 5.78 Å². The molecule has 0 unspecified atom stereocenters. The van der Waals surface area contributed by atoms with Gasteiger partial charge in [0.2, 0.25) is 0 Å². The minimum absolute atomic E-state index is 0.0404. The van der Waals surface area contributed by atoms with E-state index in [1.54, 1.807) is 12.1 Å². The predicted molar refractivity (Wildman–Crippen MR) is 57.3 cm³/mol. The first kappa shape index (κ1) is 11.4. The molecule has 1 aromatic rings. The molecule has 0 N–H and O–H groups in total. The van der Waals surface area contributed by atoms with Gasteiger partial charge in [-0.3, -0.25) is 4.79 Å². The molecule has 1 aromatic carbocycles. The Bertz CT molecular complexity index is 419. The summed E-state index contributed by atoms with van der Waals surface area (Å²) in [6.07, 6.45) is 0. The van der Waals surface area contributed by atoms with Gasteiger partial charge in [0.1, 0.15) is 0 Å². The van der Waals surface area contributed by atoms with E-state index in [0.717, 1.165) is 11.1 Å². The van der Waals surface area contributed by atoms with Gasteiger partial charge in [0, 0.05) is 5.56 Å². The smallest absolute Gasteiger partial charge is 0.337 e. The zero-order chi connectivity index (χ0) is 11.6. The van der Waals surface area contributed by atoms with Crippen molar-refractivity contribution < 1.29 is 14.3 Å². The highest BCUT2D eigenvalue weighted by molar-refractivity contribution is 5.99. The maximum absolute atomic E-state index is 11.3. The van der Waals surface area contributed by atoms with Crippen molar-refractivity contribution in [2.45, 2.75) is 20.8 Å². The molecular formula is C12H14O3. The van der Waals surface area contributed by atoms with Gasteiger partial charge in [0.05, 0.1) is 12.7 Å². The minimum Gasteiger partial charge on any atom is -0.465 e. The van der Waals surface area contributed by atoms with Gasteiger partial charge in [-0.05, 0) is 44.0 Å². The molecule has 3 nitrogen and oxygen atoms in total. The molecule has 0 aliphatic carbocycles. The van der Waals surface area contributed by atoms with E-state index in [1.165, 1.54) is 14.0 Å². The van der Waals surface area contributed by atoms with Crippen molar-refractivity contribution >= 4 is 11.8 Å². The molecule has 0 bridgehead atoms. The number of ketones is 1. The number of benzene rings is 1. The number of methoxy groups -OCH3 is 1. The second kappa shape index (κ2) is 4.26. The zero-order valence-electron chi connectivity index (χ0n) is 9.38. The van der Waals surface area contributed by atoms with Gasteiger partial charge in [-0.25, -0.2) is 4.79 Å². The van der Waals surface area contributed by atoms with Crippen LogP contribution >= 0.6 is 0 Å². The lowest BCUT2D eigenvalue weighted by molar-refractivity contribution is 0.0600. The van der Waals surface area contributed by atoms with E-state index in [1.807, 2.05) is 13.8 Å². The van der Waals surface area contributed by atoms with Crippen molar-refractivity contribution in [2.24, 2.45) is 0 Å². The fourth-order valence-corrected chi connectivity index (χ4v) is 1.46. The molecule has 0 heterocycles. The molecule has 0 fully saturated rings. The van der Waals surface area contributed by atoms with Crippen LogP contribution in [0.4, 0.5) is 0 Å². The Morgan fingerprint density at radius 1 is 1.20 bits per heavy atom. The van der Waals surface area contributed by atoms with Crippen molar-refractivity contribution in [1.82, 2.24) is 0 Å². The summed E-state index contributed by atoms with van der Waals surface area (Å²) in [4.78, 5) is 22.6. The summed E-state index contributed by atoms with van der Waals surface area (Å²) >= 11 is 0. The fourth-order valence-electron chi connectivity index (χ4n) is 1.46. The van der Waals surface area contributed by atoms with Crippen molar-refractivity contribution in [3.05, 3.63) is 34.4 Å². The Labute approximate surface area is 89.1 Å². The van der Waals surface area contributed by atoms with E-state index in [4.69, 9.17) is 0 Å². The maximum Gasteiger partial charge on any atom is 0.337 e. The average molecular weight is 206 g/mol. The highest BCUT2D eigenvalue weighted by Gasteiger charge is 2.12. The second-order valence-electron chi connectivity index (χ2n) is 3.51. The summed E-state index contributed by atoms with van der Waals surface area (Å²) in [5.74, 6) is -0.457. The van der Waals surface area contributed by atoms with Gasteiger partial charge >= 0.3 is 5.97 Å². The van der Waals surface area contributed by atoms with Gasteiger partial charge in [-0.2, -0.15) is 0 Å². The second-order valence-corrected chi connectivity index (χ2v) is 3.51. The third kappa shape index (κ3) is 2.24. The quantitative estimate of drug-likeness (QED) is 0.550. The number of rotatable bonds is 2. The Hall–Kier alpha value is -1.64. The molecule has 0 aromatic heterocycles. The van der Waals surface area contributed by atoms with Gasteiger partial charge in [0.15, 0.2) is 5.78 Å². The van der Waals surface area contributed by atoms with Crippen molar-refractivity contribution in [1.29, 1.82) is 0 Å². The third-order valence-corrected chi connectivity index (χ3v) is 2.47. The average Bonchev–Trinajstić information content (AvgIpc) is 2.20. The Morgan fingerprint density at radius 2 is 1.80 bits per heavy atom. The van der Waals surface area contributed by atoms with Gasteiger partial charge in [-0.15, -0.1) is 0 Å². The zero-order valence-corrected chi connectivity index (χ0v) is 9.38. The number of aryl methyl sites for hydroxylation is 1. The molecule has 3 heteroatoms. The van der Waals surface area contributed by atoms with E-state index >= 15 is 0 Å². The monoisotopic (exact) mass is 206 g/mol. The van der Waals surface area contributed by atoms with Crippen LogP contribution in [-0.2, 0) is 4.74 Å². The number of hydrogen-bond donors (Lipinski definition) is 0. The van der Waals surface area contributed by atoms with Crippen LogP contribution in [0, 0.1) is 13.8 Å². The predicted octanol–water partition coefficient (Wildman–Crippen LogP) is 2.29. The largest absolute Gasteiger partial charge is 0.465 e. The molecule has 0 radical (unpaired) electrons. The lowest BCUT2D eigenvalue weighted by Gasteiger charge is -2.08. The Kier molecular flexibility index (Phi) is 3.24. The van der Waals surface area contributed by atoms with Crippen LogP contribution < -0.4 is 0 Å². The van der Waals surface area contributed by atoms with Crippen LogP contribution in [0.15, 0.2) is 12.1 Å². The summed E-state index contributed by atoms with van der Waals surface area (Å²) in [6.45, 7) is 5.23. The highest BCUT2D eigenvalue weighted by atomic mass is 16.5. The molecule has 0 aliphatic heterocycles. The van der Waals surface area contributed by atoms with E-state index in [9.17, 15) is 9.59 Å². The lowest BCUT2D eigenvalue weighted by Crippen LogP contribution is -2.06. The molecule has 0 amide bonds. The van der Waals surface area contributed by atoms with Crippen molar-refractivity contribution in [3.8, 4) is 0 Å². The number of ether oxygens (including phenoxy) is 1. The SMILES string of the molecule is COC(=O)c1cc(C)c(C)c(C(C)=O)c1. The third-order valence-electron chi connectivity index (χ3n) is 2.47. The number of carbonyl (C=O) groups is 2. The number of carbonyl (C=O) groups excluding carboxylic acids is 2. The first-order chi connectivity index (χ1) is 6.97. The standard InChI is InChI=1S/C12H14O3/c1-7-5-10(12(14)15-4)6-11(8(7)2)9(3)13/h5-6H,1-4H3. The topological polar surface area (TPSA) is 43.4 Å². The van der Waals surface area contributed by atoms with E-state index < -0.39 is 5.97 Å². The van der Waals surface area contributed by atoms with Gasteiger partial charge < -0.3 is 4.74 Å². The van der Waals surface area contributed by atoms with E-state index in [2.05, 4.69) is 4.74 Å². The number of esters is 1. The molecular weight excluding hydrogens is 192 g/mol. The molecule has 1 rings (SSSR count). The number of Topliss-reactive ketones (excluding diaryl/α,β-unsaturated/α-hetero) is 1. The number of hydrogen-bond acceptors (Lipinski definition) is 3. The Morgan fingerprint density at radius 3 is 2.27 bits per heavy atom. The summed E-state index contributed by atoms with van der Waals surface area (Å²) in [6, 6.07) is 3.31.